The highest BCUT2D eigenvalue weighted by Crippen LogP contribution is 2.24. The molecular weight excluding hydrogens is 248 g/mol. The van der Waals surface area contributed by atoms with Gasteiger partial charge in [0.05, 0.1) is 5.69 Å². The number of rotatable bonds is 7. The summed E-state index contributed by atoms with van der Waals surface area (Å²) in [4.78, 5) is 0. The highest BCUT2D eigenvalue weighted by Gasteiger charge is 2.03. The van der Waals surface area contributed by atoms with E-state index in [1.165, 1.54) is 5.56 Å². The average Bonchev–Trinajstić information content (AvgIpc) is 2.48. The van der Waals surface area contributed by atoms with Crippen molar-refractivity contribution >= 4 is 5.69 Å². The maximum absolute atomic E-state index is 6.05. The summed E-state index contributed by atoms with van der Waals surface area (Å²) in [5.41, 5.74) is 9.16. The van der Waals surface area contributed by atoms with Crippen LogP contribution in [0.4, 0.5) is 5.69 Å². The molecule has 2 aromatic carbocycles. The van der Waals surface area contributed by atoms with E-state index in [0.29, 0.717) is 12.3 Å². The first-order chi connectivity index (χ1) is 9.79. The van der Waals surface area contributed by atoms with Gasteiger partial charge in [0, 0.05) is 0 Å². The van der Waals surface area contributed by atoms with E-state index < -0.39 is 0 Å². The van der Waals surface area contributed by atoms with E-state index in [1.807, 2.05) is 49.5 Å². The maximum atomic E-state index is 6.05. The fourth-order valence-electron chi connectivity index (χ4n) is 2.09. The van der Waals surface area contributed by atoms with Gasteiger partial charge in [0.25, 0.3) is 0 Å². The van der Waals surface area contributed by atoms with Crippen molar-refractivity contribution in [3.63, 3.8) is 0 Å². The summed E-state index contributed by atoms with van der Waals surface area (Å²) in [5.74, 6) is 0.756. The summed E-state index contributed by atoms with van der Waals surface area (Å²) >= 11 is 0. The lowest BCUT2D eigenvalue weighted by Gasteiger charge is -2.10. The zero-order valence-electron chi connectivity index (χ0n) is 11.9. The molecule has 0 aliphatic rings. The van der Waals surface area contributed by atoms with Crippen LogP contribution >= 0.6 is 0 Å². The summed E-state index contributed by atoms with van der Waals surface area (Å²) in [7, 11) is 1.97. The predicted octanol–water partition coefficient (Wildman–Crippen LogP) is 3.00. The number of hydrogen-bond acceptors (Lipinski definition) is 3. The first-order valence-electron chi connectivity index (χ1n) is 6.99. The third kappa shape index (κ3) is 4.28. The minimum atomic E-state index is 0.546. The second-order valence-electron chi connectivity index (χ2n) is 4.85. The van der Waals surface area contributed by atoms with Crippen LogP contribution in [0, 0.1) is 0 Å². The van der Waals surface area contributed by atoms with E-state index in [-0.39, 0.29) is 0 Å². The lowest BCUT2D eigenvalue weighted by atomic mass is 10.1. The molecule has 2 rings (SSSR count). The van der Waals surface area contributed by atoms with Crippen molar-refractivity contribution in [1.82, 2.24) is 5.32 Å². The molecule has 3 heteroatoms. The molecule has 0 spiro atoms. The van der Waals surface area contributed by atoms with Crippen molar-refractivity contribution in [3.8, 4) is 5.75 Å². The molecule has 0 saturated carbocycles. The molecule has 0 atom stereocenters. The fourth-order valence-corrected chi connectivity index (χ4v) is 2.09. The lowest BCUT2D eigenvalue weighted by Crippen LogP contribution is -2.08. The molecule has 3 N–H and O–H groups in total. The van der Waals surface area contributed by atoms with Gasteiger partial charge in [-0.05, 0) is 49.7 Å². The van der Waals surface area contributed by atoms with Crippen LogP contribution in [-0.2, 0) is 13.0 Å². The molecule has 0 amide bonds. The second-order valence-corrected chi connectivity index (χ2v) is 4.85. The standard InChI is InChI=1S/C17H22N2O/c1-19-11-5-8-14-9-10-17(16(18)12-14)20-13-15-6-3-2-4-7-15/h2-4,6-7,9-10,12,19H,5,8,11,13,18H2,1H3. The van der Waals surface area contributed by atoms with Crippen molar-refractivity contribution in [3.05, 3.63) is 59.7 Å². The Morgan fingerprint density at radius 1 is 1.05 bits per heavy atom. The van der Waals surface area contributed by atoms with Crippen LogP contribution in [0.3, 0.4) is 0 Å². The molecular formula is C17H22N2O. The predicted molar refractivity (Wildman–Crippen MR) is 83.9 cm³/mol. The Morgan fingerprint density at radius 3 is 2.55 bits per heavy atom. The van der Waals surface area contributed by atoms with Crippen molar-refractivity contribution < 1.29 is 4.74 Å². The summed E-state index contributed by atoms with van der Waals surface area (Å²) in [6, 6.07) is 16.2. The monoisotopic (exact) mass is 270 g/mol. The van der Waals surface area contributed by atoms with Crippen LogP contribution < -0.4 is 15.8 Å². The Bertz CT molecular complexity index is 526. The van der Waals surface area contributed by atoms with E-state index >= 15 is 0 Å². The molecule has 20 heavy (non-hydrogen) atoms. The largest absolute Gasteiger partial charge is 0.487 e. The summed E-state index contributed by atoms with van der Waals surface area (Å²) in [5, 5.41) is 3.15. The minimum Gasteiger partial charge on any atom is -0.487 e. The number of ether oxygens (including phenoxy) is 1. The third-order valence-corrected chi connectivity index (χ3v) is 3.20. The van der Waals surface area contributed by atoms with Crippen LogP contribution in [0.15, 0.2) is 48.5 Å². The number of nitrogens with two attached hydrogens (primary N) is 1. The van der Waals surface area contributed by atoms with E-state index in [1.54, 1.807) is 0 Å². The Hall–Kier alpha value is -2.00. The first kappa shape index (κ1) is 14.4. The van der Waals surface area contributed by atoms with Crippen molar-refractivity contribution in [2.45, 2.75) is 19.4 Å². The third-order valence-electron chi connectivity index (χ3n) is 3.20. The van der Waals surface area contributed by atoms with Gasteiger partial charge in [0.15, 0.2) is 0 Å². The molecule has 0 aromatic heterocycles. The summed E-state index contributed by atoms with van der Waals surface area (Å²) in [6.07, 6.45) is 2.14. The number of nitrogens with one attached hydrogen (secondary N) is 1. The number of aryl methyl sites for hydroxylation is 1. The molecule has 2 aromatic rings. The van der Waals surface area contributed by atoms with Gasteiger partial charge in [-0.2, -0.15) is 0 Å². The zero-order chi connectivity index (χ0) is 14.2. The van der Waals surface area contributed by atoms with Crippen molar-refractivity contribution in [2.75, 3.05) is 19.3 Å². The number of anilines is 1. The molecule has 0 aliphatic heterocycles. The topological polar surface area (TPSA) is 47.3 Å². The molecule has 0 unspecified atom stereocenters. The van der Waals surface area contributed by atoms with Gasteiger partial charge in [-0.15, -0.1) is 0 Å². The normalized spacial score (nSPS) is 10.4. The molecule has 3 nitrogen and oxygen atoms in total. The van der Waals surface area contributed by atoms with Gasteiger partial charge in [0.1, 0.15) is 12.4 Å². The Balaban J connectivity index is 1.92. The number of nitrogen functional groups attached to an aromatic ring is 1. The molecule has 0 saturated heterocycles. The highest BCUT2D eigenvalue weighted by atomic mass is 16.5. The second kappa shape index (κ2) is 7.56. The van der Waals surface area contributed by atoms with Crippen molar-refractivity contribution in [1.29, 1.82) is 0 Å². The number of benzene rings is 2. The molecule has 0 aliphatic carbocycles. The van der Waals surface area contributed by atoms with E-state index in [4.69, 9.17) is 10.5 Å². The maximum Gasteiger partial charge on any atom is 0.142 e. The van der Waals surface area contributed by atoms with E-state index in [9.17, 15) is 0 Å². The van der Waals surface area contributed by atoms with E-state index in [2.05, 4.69) is 11.4 Å². The fraction of sp³-hybridized carbons (Fsp3) is 0.294. The van der Waals surface area contributed by atoms with Crippen LogP contribution in [-0.4, -0.2) is 13.6 Å². The van der Waals surface area contributed by atoms with Crippen molar-refractivity contribution in [2.24, 2.45) is 0 Å². The molecule has 0 heterocycles. The van der Waals surface area contributed by atoms with Gasteiger partial charge < -0.3 is 15.8 Å². The SMILES string of the molecule is CNCCCc1ccc(OCc2ccccc2)c(N)c1. The van der Waals surface area contributed by atoms with Gasteiger partial charge in [-0.1, -0.05) is 36.4 Å². The molecule has 0 fully saturated rings. The molecule has 106 valence electrons. The van der Waals surface area contributed by atoms with Gasteiger partial charge in [-0.25, -0.2) is 0 Å². The van der Waals surface area contributed by atoms with Gasteiger partial charge >= 0.3 is 0 Å². The van der Waals surface area contributed by atoms with Gasteiger partial charge in [0.2, 0.25) is 0 Å². The zero-order valence-corrected chi connectivity index (χ0v) is 11.9. The average molecular weight is 270 g/mol. The van der Waals surface area contributed by atoms with Crippen LogP contribution in [0.5, 0.6) is 5.75 Å². The lowest BCUT2D eigenvalue weighted by molar-refractivity contribution is 0.308. The Kier molecular flexibility index (Phi) is 5.44. The smallest absolute Gasteiger partial charge is 0.142 e. The highest BCUT2D eigenvalue weighted by molar-refractivity contribution is 5.54. The van der Waals surface area contributed by atoms with E-state index in [0.717, 1.165) is 30.7 Å². The Labute approximate surface area is 120 Å². The molecule has 0 bridgehead atoms. The van der Waals surface area contributed by atoms with Crippen LogP contribution in [0.25, 0.3) is 0 Å². The van der Waals surface area contributed by atoms with Crippen LogP contribution in [0.2, 0.25) is 0 Å². The van der Waals surface area contributed by atoms with Gasteiger partial charge in [-0.3, -0.25) is 0 Å². The minimum absolute atomic E-state index is 0.546. The summed E-state index contributed by atoms with van der Waals surface area (Å²) in [6.45, 7) is 1.57. The number of hydrogen-bond donors (Lipinski definition) is 2. The Morgan fingerprint density at radius 2 is 1.85 bits per heavy atom. The first-order valence-corrected chi connectivity index (χ1v) is 6.99. The summed E-state index contributed by atoms with van der Waals surface area (Å²) < 4.78 is 5.77. The quantitative estimate of drug-likeness (QED) is 0.600. The van der Waals surface area contributed by atoms with Crippen LogP contribution in [0.1, 0.15) is 17.5 Å². The molecule has 0 radical (unpaired) electrons.